The number of sulfonamides is 1. The standard InChI is InChI=1S/C16H18N4O3S2/c21-25(22,20-9-11-23-12-10-20)14-6-4-13(5-7-14)18-16(24)19-15-3-1-2-8-17-15/h1-8H,9-12H2,(H2,17,18,19,24). The molecular formula is C16H18N4O3S2. The lowest BCUT2D eigenvalue weighted by atomic mass is 10.3. The van der Waals surface area contributed by atoms with Gasteiger partial charge in [-0.2, -0.15) is 4.31 Å². The lowest BCUT2D eigenvalue weighted by Crippen LogP contribution is -2.40. The molecule has 25 heavy (non-hydrogen) atoms. The monoisotopic (exact) mass is 378 g/mol. The van der Waals surface area contributed by atoms with Gasteiger partial charge < -0.3 is 15.4 Å². The van der Waals surface area contributed by atoms with Crippen LogP contribution >= 0.6 is 12.2 Å². The third-order valence-corrected chi connectivity index (χ3v) is 5.74. The zero-order valence-corrected chi connectivity index (χ0v) is 15.0. The van der Waals surface area contributed by atoms with Gasteiger partial charge in [-0.25, -0.2) is 13.4 Å². The van der Waals surface area contributed by atoms with Gasteiger partial charge in [0.25, 0.3) is 0 Å². The van der Waals surface area contributed by atoms with Crippen molar-refractivity contribution in [3.8, 4) is 0 Å². The van der Waals surface area contributed by atoms with Crippen LogP contribution in [0.1, 0.15) is 0 Å². The molecule has 9 heteroatoms. The molecule has 0 amide bonds. The third kappa shape index (κ3) is 4.51. The van der Waals surface area contributed by atoms with E-state index in [1.165, 1.54) is 4.31 Å². The molecule has 132 valence electrons. The second-order valence-corrected chi connectivity index (χ2v) is 7.68. The van der Waals surface area contributed by atoms with Crippen LogP contribution in [0, 0.1) is 0 Å². The number of pyridine rings is 1. The summed E-state index contributed by atoms with van der Waals surface area (Å²) in [7, 11) is -3.49. The van der Waals surface area contributed by atoms with Crippen LogP contribution in [0.4, 0.5) is 11.5 Å². The van der Waals surface area contributed by atoms with Crippen LogP contribution < -0.4 is 10.6 Å². The van der Waals surface area contributed by atoms with E-state index in [2.05, 4.69) is 15.6 Å². The first-order valence-corrected chi connectivity index (χ1v) is 9.57. The van der Waals surface area contributed by atoms with Crippen LogP contribution in [0.15, 0.2) is 53.6 Å². The zero-order chi connectivity index (χ0) is 17.7. The molecule has 0 atom stereocenters. The van der Waals surface area contributed by atoms with Gasteiger partial charge in [0.1, 0.15) is 5.82 Å². The van der Waals surface area contributed by atoms with E-state index < -0.39 is 10.0 Å². The van der Waals surface area contributed by atoms with Gasteiger partial charge in [-0.1, -0.05) is 6.07 Å². The topological polar surface area (TPSA) is 83.6 Å². The Balaban J connectivity index is 1.64. The molecule has 1 aliphatic rings. The molecule has 0 aliphatic carbocycles. The molecule has 1 aromatic heterocycles. The predicted molar refractivity (Wildman–Crippen MR) is 100 cm³/mol. The van der Waals surface area contributed by atoms with Crippen LogP contribution in [-0.4, -0.2) is 49.1 Å². The molecule has 1 aliphatic heterocycles. The molecule has 3 rings (SSSR count). The average Bonchev–Trinajstić information content (AvgIpc) is 2.63. The fourth-order valence-electron chi connectivity index (χ4n) is 2.36. The fourth-order valence-corrected chi connectivity index (χ4v) is 3.99. The Morgan fingerprint density at radius 2 is 1.80 bits per heavy atom. The van der Waals surface area contributed by atoms with Crippen molar-refractivity contribution >= 4 is 38.9 Å². The highest BCUT2D eigenvalue weighted by Crippen LogP contribution is 2.19. The average molecular weight is 378 g/mol. The first kappa shape index (κ1) is 17.7. The van der Waals surface area contributed by atoms with Crippen LogP contribution in [0.2, 0.25) is 0 Å². The first-order chi connectivity index (χ1) is 12.1. The lowest BCUT2D eigenvalue weighted by Gasteiger charge is -2.26. The van der Waals surface area contributed by atoms with Crippen molar-refractivity contribution in [2.24, 2.45) is 0 Å². The van der Waals surface area contributed by atoms with E-state index in [9.17, 15) is 8.42 Å². The molecule has 0 unspecified atom stereocenters. The van der Waals surface area contributed by atoms with Gasteiger partial charge >= 0.3 is 0 Å². The normalized spacial score (nSPS) is 15.5. The number of nitrogens with zero attached hydrogens (tertiary/aromatic N) is 2. The van der Waals surface area contributed by atoms with Gasteiger partial charge in [-0.3, -0.25) is 0 Å². The predicted octanol–water partition coefficient (Wildman–Crippen LogP) is 1.91. The number of thiocarbonyl (C=S) groups is 1. The Kier molecular flexibility index (Phi) is 5.59. The van der Waals surface area contributed by atoms with E-state index in [1.807, 2.05) is 12.1 Å². The van der Waals surface area contributed by atoms with Gasteiger partial charge in [-0.15, -0.1) is 0 Å². The number of ether oxygens (including phenoxy) is 1. The summed E-state index contributed by atoms with van der Waals surface area (Å²) in [5.41, 5.74) is 0.689. The highest BCUT2D eigenvalue weighted by molar-refractivity contribution is 7.89. The first-order valence-electron chi connectivity index (χ1n) is 7.73. The summed E-state index contributed by atoms with van der Waals surface area (Å²) in [6.45, 7) is 1.60. The van der Waals surface area contributed by atoms with Crippen LogP contribution in [0.25, 0.3) is 0 Å². The van der Waals surface area contributed by atoms with Crippen molar-refractivity contribution in [3.05, 3.63) is 48.7 Å². The Morgan fingerprint density at radius 1 is 1.08 bits per heavy atom. The number of hydrogen-bond acceptors (Lipinski definition) is 5. The number of anilines is 2. The van der Waals surface area contributed by atoms with E-state index in [-0.39, 0.29) is 4.90 Å². The molecule has 0 bridgehead atoms. The van der Waals surface area contributed by atoms with Gasteiger partial charge in [0, 0.05) is 25.0 Å². The molecule has 0 radical (unpaired) electrons. The van der Waals surface area contributed by atoms with Gasteiger partial charge in [-0.05, 0) is 48.6 Å². The van der Waals surface area contributed by atoms with Crippen molar-refractivity contribution in [1.29, 1.82) is 0 Å². The minimum atomic E-state index is -3.49. The summed E-state index contributed by atoms with van der Waals surface area (Å²) < 4.78 is 31.8. The van der Waals surface area contributed by atoms with Gasteiger partial charge in [0.2, 0.25) is 10.0 Å². The molecule has 0 saturated carbocycles. The number of aromatic nitrogens is 1. The number of nitrogens with one attached hydrogen (secondary N) is 2. The van der Waals surface area contributed by atoms with Crippen molar-refractivity contribution in [2.75, 3.05) is 36.9 Å². The van der Waals surface area contributed by atoms with Gasteiger partial charge in [0.05, 0.1) is 18.1 Å². The maximum absolute atomic E-state index is 12.6. The Labute approximate surface area is 152 Å². The SMILES string of the molecule is O=S(=O)(c1ccc(NC(=S)Nc2ccccn2)cc1)N1CCOCC1. The molecule has 1 aromatic carbocycles. The van der Waals surface area contributed by atoms with E-state index in [0.717, 1.165) is 0 Å². The highest BCUT2D eigenvalue weighted by Gasteiger charge is 2.26. The smallest absolute Gasteiger partial charge is 0.243 e. The molecule has 2 heterocycles. The zero-order valence-electron chi connectivity index (χ0n) is 13.4. The fraction of sp³-hybridized carbons (Fsp3) is 0.250. The van der Waals surface area contributed by atoms with Crippen LogP contribution in [0.5, 0.6) is 0 Å². The lowest BCUT2D eigenvalue weighted by molar-refractivity contribution is 0.0730. The van der Waals surface area contributed by atoms with Crippen LogP contribution in [-0.2, 0) is 14.8 Å². The van der Waals surface area contributed by atoms with E-state index in [0.29, 0.717) is 42.9 Å². The molecule has 1 saturated heterocycles. The van der Waals surface area contributed by atoms with E-state index >= 15 is 0 Å². The molecule has 1 fully saturated rings. The Hall–Kier alpha value is -2.07. The minimum absolute atomic E-state index is 0.253. The van der Waals surface area contributed by atoms with Gasteiger partial charge in [0.15, 0.2) is 5.11 Å². The number of rotatable bonds is 4. The molecule has 2 aromatic rings. The molecule has 0 spiro atoms. The van der Waals surface area contributed by atoms with Crippen LogP contribution in [0.3, 0.4) is 0 Å². The number of benzene rings is 1. The largest absolute Gasteiger partial charge is 0.379 e. The highest BCUT2D eigenvalue weighted by atomic mass is 32.2. The van der Waals surface area contributed by atoms with E-state index in [1.54, 1.807) is 36.5 Å². The molecule has 2 N–H and O–H groups in total. The van der Waals surface area contributed by atoms with Crippen molar-refractivity contribution < 1.29 is 13.2 Å². The maximum Gasteiger partial charge on any atom is 0.243 e. The Bertz CT molecular complexity index is 820. The third-order valence-electron chi connectivity index (χ3n) is 3.63. The summed E-state index contributed by atoms with van der Waals surface area (Å²) in [4.78, 5) is 4.38. The van der Waals surface area contributed by atoms with Crippen molar-refractivity contribution in [3.63, 3.8) is 0 Å². The van der Waals surface area contributed by atoms with Crippen molar-refractivity contribution in [1.82, 2.24) is 9.29 Å². The summed E-state index contributed by atoms with van der Waals surface area (Å²) in [6, 6.07) is 12.0. The van der Waals surface area contributed by atoms with E-state index in [4.69, 9.17) is 17.0 Å². The minimum Gasteiger partial charge on any atom is -0.379 e. The second kappa shape index (κ2) is 7.87. The number of morpholine rings is 1. The molecular weight excluding hydrogens is 360 g/mol. The number of hydrogen-bond donors (Lipinski definition) is 2. The molecule has 7 nitrogen and oxygen atoms in total. The summed E-state index contributed by atoms with van der Waals surface area (Å²) >= 11 is 5.22. The Morgan fingerprint density at radius 3 is 2.44 bits per heavy atom. The summed E-state index contributed by atoms with van der Waals surface area (Å²) in [6.07, 6.45) is 1.66. The maximum atomic E-state index is 12.6. The summed E-state index contributed by atoms with van der Waals surface area (Å²) in [5, 5.41) is 6.33. The van der Waals surface area contributed by atoms with Crippen molar-refractivity contribution in [2.45, 2.75) is 4.90 Å². The second-order valence-electron chi connectivity index (χ2n) is 5.33. The summed E-state index contributed by atoms with van der Waals surface area (Å²) in [5.74, 6) is 0.631. The quantitative estimate of drug-likeness (QED) is 0.786.